The fraction of sp³-hybridized carbons (Fsp3) is 0.194. The van der Waals surface area contributed by atoms with Gasteiger partial charge < -0.3 is 4.74 Å². The SMILES string of the molecule is CC(C)(C)Oc1cccc(P2Cc3ccc4ccccc4c3-c3c(ccc4ccccc34)C2)n1. The molecule has 4 aromatic carbocycles. The number of ether oxygens (including phenoxy) is 1. The van der Waals surface area contributed by atoms with E-state index in [1.165, 1.54) is 43.8 Å². The number of hydrogen-bond acceptors (Lipinski definition) is 2. The Morgan fingerprint density at radius 3 is 1.76 bits per heavy atom. The second kappa shape index (κ2) is 8.22. The predicted molar refractivity (Wildman–Crippen MR) is 145 cm³/mol. The second-order valence-corrected chi connectivity index (χ2v) is 12.2. The molecule has 3 heteroatoms. The quantitative estimate of drug-likeness (QED) is 0.248. The minimum atomic E-state index is -0.526. The van der Waals surface area contributed by atoms with Gasteiger partial charge in [-0.15, -0.1) is 0 Å². The Labute approximate surface area is 202 Å². The summed E-state index contributed by atoms with van der Waals surface area (Å²) in [7, 11) is -0.526. The molecule has 0 aliphatic carbocycles. The summed E-state index contributed by atoms with van der Waals surface area (Å²) in [6, 6.07) is 33.1. The first-order valence-corrected chi connectivity index (χ1v) is 13.6. The van der Waals surface area contributed by atoms with E-state index in [0.29, 0.717) is 5.88 Å². The van der Waals surface area contributed by atoms with Gasteiger partial charge in [-0.25, -0.2) is 4.98 Å². The molecule has 5 aromatic rings. The Morgan fingerprint density at radius 2 is 1.21 bits per heavy atom. The predicted octanol–water partition coefficient (Wildman–Crippen LogP) is 8.05. The number of fused-ring (bicyclic) bond motifs is 7. The van der Waals surface area contributed by atoms with Crippen LogP contribution < -0.4 is 10.2 Å². The van der Waals surface area contributed by atoms with Crippen molar-refractivity contribution in [3.63, 3.8) is 0 Å². The molecular formula is C31H28NOP. The highest BCUT2D eigenvalue weighted by molar-refractivity contribution is 7.63. The maximum Gasteiger partial charge on any atom is 0.214 e. The van der Waals surface area contributed by atoms with Crippen molar-refractivity contribution < 1.29 is 4.74 Å². The van der Waals surface area contributed by atoms with Crippen LogP contribution in [-0.2, 0) is 12.3 Å². The van der Waals surface area contributed by atoms with Crippen LogP contribution in [0.3, 0.4) is 0 Å². The Kier molecular flexibility index (Phi) is 5.15. The first kappa shape index (κ1) is 21.3. The standard InChI is InChI=1S/C31H28NOP/c1-31(2,3)33-27-13-8-14-28(32-27)34-19-23-17-15-21-9-4-6-11-25(21)29(23)30-24(20-34)18-16-22-10-5-7-12-26(22)30/h4-18H,19-20H2,1-3H3. The lowest BCUT2D eigenvalue weighted by atomic mass is 9.88. The molecule has 2 nitrogen and oxygen atoms in total. The fourth-order valence-corrected chi connectivity index (χ4v) is 7.39. The zero-order valence-electron chi connectivity index (χ0n) is 19.9. The van der Waals surface area contributed by atoms with Crippen molar-refractivity contribution in [2.45, 2.75) is 38.7 Å². The molecule has 34 heavy (non-hydrogen) atoms. The van der Waals surface area contributed by atoms with Crippen molar-refractivity contribution in [1.29, 1.82) is 0 Å². The van der Waals surface area contributed by atoms with Crippen LogP contribution in [-0.4, -0.2) is 10.6 Å². The number of benzene rings is 4. The van der Waals surface area contributed by atoms with E-state index in [0.717, 1.165) is 17.8 Å². The summed E-state index contributed by atoms with van der Waals surface area (Å²) in [6.07, 6.45) is 2.04. The van der Waals surface area contributed by atoms with Gasteiger partial charge in [-0.1, -0.05) is 78.9 Å². The summed E-state index contributed by atoms with van der Waals surface area (Å²) in [5.74, 6) is 0.717. The van der Waals surface area contributed by atoms with Gasteiger partial charge in [0.2, 0.25) is 5.88 Å². The highest BCUT2D eigenvalue weighted by atomic mass is 31.1. The molecule has 0 atom stereocenters. The minimum Gasteiger partial charge on any atom is -0.472 e. The zero-order chi connectivity index (χ0) is 23.3. The lowest BCUT2D eigenvalue weighted by molar-refractivity contribution is 0.124. The number of pyridine rings is 1. The van der Waals surface area contributed by atoms with Crippen LogP contribution in [0.15, 0.2) is 91.0 Å². The van der Waals surface area contributed by atoms with Crippen LogP contribution in [0.5, 0.6) is 5.88 Å². The van der Waals surface area contributed by atoms with E-state index in [-0.39, 0.29) is 5.60 Å². The normalized spacial score (nSPS) is 14.0. The maximum absolute atomic E-state index is 6.12. The number of nitrogens with zero attached hydrogens (tertiary/aromatic N) is 1. The third-order valence-electron chi connectivity index (χ3n) is 6.45. The number of aromatic nitrogens is 1. The number of hydrogen-bond donors (Lipinski definition) is 0. The van der Waals surface area contributed by atoms with Crippen molar-refractivity contribution in [3.05, 3.63) is 102 Å². The summed E-state index contributed by atoms with van der Waals surface area (Å²) < 4.78 is 6.12. The molecule has 0 spiro atoms. The van der Waals surface area contributed by atoms with Gasteiger partial charge in [-0.2, -0.15) is 0 Å². The molecule has 0 unspecified atom stereocenters. The van der Waals surface area contributed by atoms with E-state index in [9.17, 15) is 0 Å². The van der Waals surface area contributed by atoms with Crippen LogP contribution >= 0.6 is 7.92 Å². The monoisotopic (exact) mass is 461 g/mol. The van der Waals surface area contributed by atoms with Crippen LogP contribution in [0.1, 0.15) is 31.9 Å². The van der Waals surface area contributed by atoms with Gasteiger partial charge in [0.1, 0.15) is 5.60 Å². The van der Waals surface area contributed by atoms with Gasteiger partial charge in [0.15, 0.2) is 0 Å². The molecule has 1 aromatic heterocycles. The van der Waals surface area contributed by atoms with Crippen molar-refractivity contribution >= 4 is 34.9 Å². The lowest BCUT2D eigenvalue weighted by Crippen LogP contribution is -2.24. The summed E-state index contributed by atoms with van der Waals surface area (Å²) in [5, 5.41) is 5.27. The largest absolute Gasteiger partial charge is 0.472 e. The fourth-order valence-electron chi connectivity index (χ4n) is 5.07. The first-order chi connectivity index (χ1) is 16.5. The van der Waals surface area contributed by atoms with Crippen molar-refractivity contribution in [3.8, 4) is 17.0 Å². The Morgan fingerprint density at radius 1 is 0.647 bits per heavy atom. The highest BCUT2D eigenvalue weighted by Crippen LogP contribution is 2.52. The van der Waals surface area contributed by atoms with Crippen molar-refractivity contribution in [1.82, 2.24) is 4.98 Å². The van der Waals surface area contributed by atoms with Gasteiger partial charge in [0, 0.05) is 6.07 Å². The molecule has 0 radical (unpaired) electrons. The summed E-state index contributed by atoms with van der Waals surface area (Å²) in [4.78, 5) is 5.00. The van der Waals surface area contributed by atoms with Crippen molar-refractivity contribution in [2.75, 3.05) is 0 Å². The van der Waals surface area contributed by atoms with Crippen LogP contribution in [0, 0.1) is 0 Å². The highest BCUT2D eigenvalue weighted by Gasteiger charge is 2.26. The molecule has 168 valence electrons. The van der Waals surface area contributed by atoms with Crippen LogP contribution in [0.4, 0.5) is 0 Å². The molecule has 0 saturated heterocycles. The molecule has 0 fully saturated rings. The third kappa shape index (κ3) is 3.87. The smallest absolute Gasteiger partial charge is 0.214 e. The molecule has 0 amide bonds. The van der Waals surface area contributed by atoms with Gasteiger partial charge >= 0.3 is 0 Å². The Bertz CT molecular complexity index is 1450. The Hall–Kier alpha value is -3.22. The first-order valence-electron chi connectivity index (χ1n) is 11.9. The van der Waals surface area contributed by atoms with E-state index in [1.54, 1.807) is 0 Å². The molecule has 1 aliphatic heterocycles. The summed E-state index contributed by atoms with van der Waals surface area (Å²) in [6.45, 7) is 6.21. The van der Waals surface area contributed by atoms with E-state index in [2.05, 4.69) is 106 Å². The van der Waals surface area contributed by atoms with Gasteiger partial charge in [-0.3, -0.25) is 0 Å². The molecular weight excluding hydrogens is 433 g/mol. The van der Waals surface area contributed by atoms with E-state index >= 15 is 0 Å². The Balaban J connectivity index is 1.58. The zero-order valence-corrected chi connectivity index (χ0v) is 20.8. The van der Waals surface area contributed by atoms with Gasteiger partial charge in [-0.05, 0) is 90.9 Å². The topological polar surface area (TPSA) is 22.1 Å². The minimum absolute atomic E-state index is 0.265. The molecule has 2 heterocycles. The third-order valence-corrected chi connectivity index (χ3v) is 8.79. The molecule has 1 aliphatic rings. The second-order valence-electron chi connectivity index (χ2n) is 10.0. The summed E-state index contributed by atoms with van der Waals surface area (Å²) >= 11 is 0. The molecule has 6 rings (SSSR count). The average molecular weight is 462 g/mol. The summed E-state index contributed by atoms with van der Waals surface area (Å²) in [5.41, 5.74) is 6.54. The number of rotatable bonds is 2. The van der Waals surface area contributed by atoms with E-state index in [4.69, 9.17) is 9.72 Å². The lowest BCUT2D eigenvalue weighted by Gasteiger charge is -2.22. The molecule has 0 N–H and O–H groups in total. The molecule has 0 bridgehead atoms. The average Bonchev–Trinajstić information content (AvgIpc) is 3.00. The van der Waals surface area contributed by atoms with E-state index < -0.39 is 7.92 Å². The molecule has 0 saturated carbocycles. The van der Waals surface area contributed by atoms with Crippen molar-refractivity contribution in [2.24, 2.45) is 0 Å². The maximum atomic E-state index is 6.12. The van der Waals surface area contributed by atoms with Gasteiger partial charge in [0.05, 0.1) is 5.44 Å². The van der Waals surface area contributed by atoms with Crippen LogP contribution in [0.2, 0.25) is 0 Å². The van der Waals surface area contributed by atoms with Crippen LogP contribution in [0.25, 0.3) is 32.7 Å². The van der Waals surface area contributed by atoms with E-state index in [1.807, 2.05) is 6.07 Å². The van der Waals surface area contributed by atoms with Gasteiger partial charge in [0.25, 0.3) is 0 Å².